The van der Waals surface area contributed by atoms with E-state index in [0.717, 1.165) is 6.20 Å². The van der Waals surface area contributed by atoms with Crippen LogP contribution in [0.5, 0.6) is 5.75 Å². The lowest BCUT2D eigenvalue weighted by Gasteiger charge is -2.29. The minimum Gasteiger partial charge on any atom is -0.403 e. The minimum absolute atomic E-state index is 0.0684. The number of hydrogen-bond donors (Lipinski definition) is 3. The van der Waals surface area contributed by atoms with E-state index in [2.05, 4.69) is 0 Å². The normalized spacial score (nSPS) is 36.7. The smallest absolute Gasteiger partial charge is 0.403 e. The zero-order chi connectivity index (χ0) is 25.3. The van der Waals surface area contributed by atoms with Crippen LogP contribution in [-0.4, -0.2) is 44.4 Å². The first-order valence-corrected chi connectivity index (χ1v) is 10.4. The summed E-state index contributed by atoms with van der Waals surface area (Å²) in [4.78, 5) is 25.6. The monoisotopic (exact) mass is 461 g/mol. The number of H-pyrrole nitrogens is 1. The number of benzene rings is 1. The van der Waals surface area contributed by atoms with E-state index in [1.807, 2.05) is 4.98 Å². The molecule has 0 spiro atoms. The van der Waals surface area contributed by atoms with E-state index in [4.69, 9.17) is 22.4 Å². The van der Waals surface area contributed by atoms with Gasteiger partial charge in [-0.3, -0.25) is 23.4 Å². The standard InChI is InChI=1S/C18H20FN2O9P/c1-9-4-3-5-11-7-27-31(26,30-13(9)11)28-8-18(19)14(23)12(22)16(29-18)21-6-10(2)15(24)20-17(21)25/h3-6,12,14,16,22-23H,7-8H2,1-2H3,(H,20,24,25)/t12-,14+,16-,18-,31?/m1/s1/i8D2,16D. The van der Waals surface area contributed by atoms with Crippen molar-refractivity contribution >= 4 is 7.82 Å². The van der Waals surface area contributed by atoms with Crippen molar-refractivity contribution in [2.24, 2.45) is 0 Å². The van der Waals surface area contributed by atoms with Crippen molar-refractivity contribution in [1.29, 1.82) is 0 Å². The number of para-hydroxylation sites is 1. The molecule has 0 bridgehead atoms. The number of aromatic amines is 1. The van der Waals surface area contributed by atoms with Gasteiger partial charge >= 0.3 is 13.5 Å². The average Bonchev–Trinajstić information content (AvgIpc) is 2.93. The molecule has 1 aromatic heterocycles. The number of aliphatic hydroxyl groups excluding tert-OH is 2. The number of alkyl halides is 1. The van der Waals surface area contributed by atoms with Gasteiger partial charge in [-0.15, -0.1) is 0 Å². The van der Waals surface area contributed by atoms with Crippen LogP contribution in [0.3, 0.4) is 0 Å². The highest BCUT2D eigenvalue weighted by atomic mass is 31.2. The third-order valence-corrected chi connectivity index (χ3v) is 5.88. The highest BCUT2D eigenvalue weighted by Crippen LogP contribution is 2.56. The summed E-state index contributed by atoms with van der Waals surface area (Å²) in [6, 6.07) is 4.88. The van der Waals surface area contributed by atoms with E-state index in [1.165, 1.54) is 6.92 Å². The Morgan fingerprint density at radius 2 is 2.16 bits per heavy atom. The summed E-state index contributed by atoms with van der Waals surface area (Å²) >= 11 is 0. The minimum atomic E-state index is -4.84. The predicted octanol–water partition coefficient (Wildman–Crippen LogP) is 0.804. The Labute approximate surface area is 178 Å². The Morgan fingerprint density at radius 1 is 1.42 bits per heavy atom. The summed E-state index contributed by atoms with van der Waals surface area (Å²) in [7, 11) is -4.84. The van der Waals surface area contributed by atoms with Crippen molar-refractivity contribution < 1.29 is 41.6 Å². The molecule has 0 amide bonds. The number of aryl methyl sites for hydroxylation is 2. The molecule has 2 aliphatic heterocycles. The summed E-state index contributed by atoms with van der Waals surface area (Å²) in [5.74, 6) is -3.98. The van der Waals surface area contributed by atoms with Gasteiger partial charge in [-0.25, -0.2) is 13.8 Å². The lowest BCUT2D eigenvalue weighted by atomic mass is 10.1. The molecule has 1 aromatic carbocycles. The number of phosphoric ester groups is 1. The zero-order valence-corrected chi connectivity index (χ0v) is 17.1. The first-order chi connectivity index (χ1) is 15.6. The quantitative estimate of drug-likeness (QED) is 0.562. The van der Waals surface area contributed by atoms with Gasteiger partial charge in [0.1, 0.15) is 24.5 Å². The maximum Gasteiger partial charge on any atom is 0.530 e. The van der Waals surface area contributed by atoms with Crippen molar-refractivity contribution in [3.05, 3.63) is 61.9 Å². The maximum atomic E-state index is 15.9. The molecule has 31 heavy (non-hydrogen) atoms. The van der Waals surface area contributed by atoms with Gasteiger partial charge in [0.05, 0.1) is 10.7 Å². The van der Waals surface area contributed by atoms with Gasteiger partial charge in [-0.1, -0.05) is 18.2 Å². The molecule has 1 unspecified atom stereocenters. The lowest BCUT2D eigenvalue weighted by molar-refractivity contribution is -0.205. The first kappa shape index (κ1) is 18.3. The van der Waals surface area contributed by atoms with E-state index in [1.54, 1.807) is 25.1 Å². The van der Waals surface area contributed by atoms with Crippen molar-refractivity contribution in [3.63, 3.8) is 0 Å². The third-order valence-electron chi connectivity index (χ3n) is 4.71. The molecule has 0 aliphatic carbocycles. The lowest BCUT2D eigenvalue weighted by Crippen LogP contribution is -2.43. The van der Waals surface area contributed by atoms with Gasteiger partial charge in [-0.2, -0.15) is 0 Å². The van der Waals surface area contributed by atoms with Gasteiger partial charge in [-0.05, 0) is 19.4 Å². The van der Waals surface area contributed by atoms with Crippen LogP contribution in [0.4, 0.5) is 4.39 Å². The number of aliphatic hydroxyl groups is 2. The molecule has 1 fully saturated rings. The molecule has 0 radical (unpaired) electrons. The fraction of sp³-hybridized carbons (Fsp3) is 0.444. The topological polar surface area (TPSA) is 149 Å². The molecular formula is C18H20FN2O9P. The van der Waals surface area contributed by atoms with Gasteiger partial charge in [0.15, 0.2) is 6.20 Å². The predicted molar refractivity (Wildman–Crippen MR) is 102 cm³/mol. The molecule has 3 N–H and O–H groups in total. The number of hydrogen-bond acceptors (Lipinski definition) is 9. The number of aromatic nitrogens is 2. The van der Waals surface area contributed by atoms with Gasteiger partial charge in [0.25, 0.3) is 11.4 Å². The van der Waals surface area contributed by atoms with Crippen molar-refractivity contribution in [2.45, 2.75) is 44.7 Å². The number of halogens is 1. The summed E-state index contributed by atoms with van der Waals surface area (Å²) in [5, 5.41) is 20.7. The van der Waals surface area contributed by atoms with Crippen molar-refractivity contribution in [3.8, 4) is 5.75 Å². The summed E-state index contributed by atoms with van der Waals surface area (Å²) in [6.45, 7) is -1.32. The summed E-state index contributed by atoms with van der Waals surface area (Å²) < 4.78 is 73.2. The van der Waals surface area contributed by atoms with Crippen LogP contribution < -0.4 is 15.8 Å². The van der Waals surface area contributed by atoms with Crippen LogP contribution >= 0.6 is 7.82 Å². The van der Waals surface area contributed by atoms with E-state index >= 15 is 4.39 Å². The molecule has 4 rings (SSSR count). The van der Waals surface area contributed by atoms with Crippen LogP contribution in [0.25, 0.3) is 0 Å². The Kier molecular flexibility index (Phi) is 4.51. The molecule has 2 aromatic rings. The van der Waals surface area contributed by atoms with Crippen molar-refractivity contribution in [2.75, 3.05) is 6.56 Å². The van der Waals surface area contributed by atoms with E-state index in [9.17, 15) is 24.4 Å². The van der Waals surface area contributed by atoms with E-state index < -0.39 is 49.9 Å². The number of nitrogens with one attached hydrogen (secondary N) is 1. The van der Waals surface area contributed by atoms with Gasteiger partial charge in [0.2, 0.25) is 0 Å². The molecular weight excluding hydrogens is 438 g/mol. The van der Waals surface area contributed by atoms with Crippen LogP contribution in [0.2, 0.25) is 0 Å². The second-order valence-corrected chi connectivity index (χ2v) is 8.50. The zero-order valence-electron chi connectivity index (χ0n) is 19.2. The molecule has 2 aliphatic rings. The number of phosphoric acid groups is 1. The average molecular weight is 461 g/mol. The fourth-order valence-corrected chi connectivity index (χ4v) is 4.18. The largest absolute Gasteiger partial charge is 0.530 e. The number of rotatable bonds is 4. The van der Waals surface area contributed by atoms with Crippen LogP contribution in [-0.2, 0) is 25.0 Å². The second-order valence-electron chi connectivity index (χ2n) is 6.98. The number of fused-ring (bicyclic) bond motifs is 1. The summed E-state index contributed by atoms with van der Waals surface area (Å²) in [6.07, 6.45) is -7.76. The molecule has 168 valence electrons. The molecule has 5 atom stereocenters. The van der Waals surface area contributed by atoms with E-state index in [0.29, 0.717) is 11.1 Å². The highest BCUT2D eigenvalue weighted by molar-refractivity contribution is 7.49. The van der Waals surface area contributed by atoms with Crippen LogP contribution in [0, 0.1) is 13.8 Å². The molecule has 13 heteroatoms. The maximum absolute atomic E-state index is 15.9. The number of ether oxygens (including phenoxy) is 1. The molecule has 0 saturated carbocycles. The molecule has 3 heterocycles. The first-order valence-electron chi connectivity index (χ1n) is 10.5. The Balaban J connectivity index is 1.69. The van der Waals surface area contributed by atoms with Crippen LogP contribution in [0.15, 0.2) is 34.0 Å². The van der Waals surface area contributed by atoms with Gasteiger partial charge < -0.3 is 19.5 Å². The highest BCUT2D eigenvalue weighted by Gasteiger charge is 2.57. The Morgan fingerprint density at radius 3 is 2.90 bits per heavy atom. The fourth-order valence-electron chi connectivity index (χ4n) is 3.02. The Hall–Kier alpha value is -2.34. The third kappa shape index (κ3) is 3.86. The summed E-state index contributed by atoms with van der Waals surface area (Å²) in [5.41, 5.74) is -1.29. The van der Waals surface area contributed by atoms with Crippen molar-refractivity contribution in [1.82, 2.24) is 9.55 Å². The van der Waals surface area contributed by atoms with Crippen LogP contribution in [0.1, 0.15) is 27.0 Å². The Bertz CT molecular complexity index is 1320. The molecule has 11 nitrogen and oxygen atoms in total. The molecule has 1 saturated heterocycles. The number of nitrogens with zero attached hydrogens (tertiary/aromatic N) is 1. The SMILES string of the molecule is [2H]C([2H])(OP1(=O)OCc2cccc(C)c2O1)[C@@]1(F)O[C@@]([2H])(n2cc(C)c(=O)[nH]c2=O)[C@H](O)[C@@H]1O. The van der Waals surface area contributed by atoms with Gasteiger partial charge in [0, 0.05) is 17.3 Å². The second kappa shape index (κ2) is 7.66. The van der Waals surface area contributed by atoms with E-state index in [-0.39, 0.29) is 22.5 Å².